The molecule has 0 fully saturated rings. The number of carbonyl (C=O) groups excluding carboxylic acids is 2. The number of ether oxygens (including phenoxy) is 1. The van der Waals surface area contributed by atoms with Gasteiger partial charge in [-0.1, -0.05) is 11.6 Å². The smallest absolute Gasteiger partial charge is 0.392 e. The average Bonchev–Trinajstić information content (AvgIpc) is 3.14. The summed E-state index contributed by atoms with van der Waals surface area (Å²) in [5.41, 5.74) is 1.36. The molecular weight excluding hydrogens is 465 g/mol. The quantitative estimate of drug-likeness (QED) is 0.452. The van der Waals surface area contributed by atoms with Crippen molar-refractivity contribution in [3.8, 4) is 5.88 Å². The molecule has 0 bridgehead atoms. The lowest BCUT2D eigenvalue weighted by atomic mass is 10.2. The minimum Gasteiger partial charge on any atom is -0.476 e. The molecule has 13 heteroatoms. The van der Waals surface area contributed by atoms with Crippen LogP contribution < -0.4 is 15.4 Å². The fourth-order valence-corrected chi connectivity index (χ4v) is 3.11. The van der Waals surface area contributed by atoms with Crippen molar-refractivity contribution in [2.24, 2.45) is 0 Å². The zero-order valence-electron chi connectivity index (χ0n) is 17.4. The maximum atomic E-state index is 12.5. The Hall–Kier alpha value is -3.41. The first-order valence-corrected chi connectivity index (χ1v) is 10.2. The second-order valence-corrected chi connectivity index (χ2v) is 7.41. The molecule has 0 radical (unpaired) electrons. The molecular formula is C20H20ClF3N6O3. The van der Waals surface area contributed by atoms with Gasteiger partial charge in [0.05, 0.1) is 30.5 Å². The molecule has 3 heterocycles. The second kappa shape index (κ2) is 10.5. The van der Waals surface area contributed by atoms with Gasteiger partial charge in [-0.3, -0.25) is 19.3 Å². The van der Waals surface area contributed by atoms with Crippen LogP contribution in [0.25, 0.3) is 10.9 Å². The number of pyridine rings is 2. The lowest BCUT2D eigenvalue weighted by molar-refractivity contribution is -0.139. The number of alkyl halides is 3. The van der Waals surface area contributed by atoms with Gasteiger partial charge in [0.2, 0.25) is 11.8 Å². The lowest BCUT2D eigenvalue weighted by Crippen LogP contribution is -2.34. The van der Waals surface area contributed by atoms with Crippen molar-refractivity contribution in [1.29, 1.82) is 0 Å². The Morgan fingerprint density at radius 2 is 1.97 bits per heavy atom. The van der Waals surface area contributed by atoms with E-state index in [9.17, 15) is 22.8 Å². The molecule has 0 aromatic carbocycles. The zero-order chi connectivity index (χ0) is 24.0. The van der Waals surface area contributed by atoms with Crippen molar-refractivity contribution in [2.45, 2.75) is 26.1 Å². The average molecular weight is 485 g/mol. The number of hydrogen-bond acceptors (Lipinski definition) is 6. The monoisotopic (exact) mass is 484 g/mol. The fraction of sp³-hybridized carbons (Fsp3) is 0.350. The first-order chi connectivity index (χ1) is 15.6. The highest BCUT2D eigenvalue weighted by Gasteiger charge is 2.27. The van der Waals surface area contributed by atoms with Crippen molar-refractivity contribution >= 4 is 34.3 Å². The van der Waals surface area contributed by atoms with Crippen LogP contribution in [0.15, 0.2) is 30.7 Å². The predicted octanol–water partition coefficient (Wildman–Crippen LogP) is 2.73. The number of aromatic nitrogens is 4. The third-order valence-electron chi connectivity index (χ3n) is 4.31. The van der Waals surface area contributed by atoms with Crippen molar-refractivity contribution in [2.75, 3.05) is 19.7 Å². The second-order valence-electron chi connectivity index (χ2n) is 7.00. The van der Waals surface area contributed by atoms with Crippen molar-refractivity contribution in [3.63, 3.8) is 0 Å². The Morgan fingerprint density at radius 1 is 1.21 bits per heavy atom. The Bertz CT molecular complexity index is 1150. The highest BCUT2D eigenvalue weighted by atomic mass is 35.5. The van der Waals surface area contributed by atoms with Gasteiger partial charge in [0.25, 0.3) is 5.91 Å². The number of amides is 2. The molecule has 0 aliphatic carbocycles. The molecule has 3 rings (SSSR count). The van der Waals surface area contributed by atoms with Gasteiger partial charge in [0, 0.05) is 38.6 Å². The summed E-state index contributed by atoms with van der Waals surface area (Å²) in [5.74, 6) is -0.686. The highest BCUT2D eigenvalue weighted by Crippen LogP contribution is 2.25. The van der Waals surface area contributed by atoms with Crippen molar-refractivity contribution in [3.05, 3.63) is 47.0 Å². The van der Waals surface area contributed by atoms with Crippen LogP contribution in [0, 0.1) is 0 Å². The third-order valence-corrected chi connectivity index (χ3v) is 4.58. The van der Waals surface area contributed by atoms with Gasteiger partial charge in [-0.05, 0) is 17.7 Å². The van der Waals surface area contributed by atoms with E-state index in [0.717, 1.165) is 0 Å². The number of fused-ring (bicyclic) bond motifs is 1. The van der Waals surface area contributed by atoms with E-state index in [0.29, 0.717) is 23.0 Å². The van der Waals surface area contributed by atoms with Gasteiger partial charge in [-0.25, -0.2) is 4.98 Å². The minimum absolute atomic E-state index is 0.0762. The molecule has 0 saturated heterocycles. The summed E-state index contributed by atoms with van der Waals surface area (Å²) in [4.78, 5) is 31.5. The van der Waals surface area contributed by atoms with E-state index < -0.39 is 25.1 Å². The van der Waals surface area contributed by atoms with E-state index in [4.69, 9.17) is 16.3 Å². The first-order valence-electron chi connectivity index (χ1n) is 9.81. The van der Waals surface area contributed by atoms with Crippen LogP contribution in [0.4, 0.5) is 13.2 Å². The van der Waals surface area contributed by atoms with Crippen LogP contribution in [0.1, 0.15) is 29.4 Å². The molecule has 176 valence electrons. The van der Waals surface area contributed by atoms with Crippen LogP contribution in [-0.2, 0) is 11.3 Å². The Kier molecular flexibility index (Phi) is 7.69. The van der Waals surface area contributed by atoms with E-state index in [-0.39, 0.29) is 35.6 Å². The molecule has 0 aliphatic heterocycles. The summed E-state index contributed by atoms with van der Waals surface area (Å²) in [7, 11) is 0. The van der Waals surface area contributed by atoms with Crippen LogP contribution in [0.5, 0.6) is 5.88 Å². The Morgan fingerprint density at radius 3 is 2.67 bits per heavy atom. The largest absolute Gasteiger partial charge is 0.476 e. The topological polar surface area (TPSA) is 111 Å². The molecule has 2 amide bonds. The molecule has 3 aromatic heterocycles. The summed E-state index contributed by atoms with van der Waals surface area (Å²) in [6.07, 6.45) is -0.899. The van der Waals surface area contributed by atoms with Gasteiger partial charge in [-0.15, -0.1) is 0 Å². The fourth-order valence-electron chi connectivity index (χ4n) is 2.86. The molecule has 0 aliphatic rings. The van der Waals surface area contributed by atoms with Gasteiger partial charge in [0.1, 0.15) is 10.7 Å². The van der Waals surface area contributed by atoms with Crippen LogP contribution in [0.2, 0.25) is 5.02 Å². The molecule has 9 nitrogen and oxygen atoms in total. The summed E-state index contributed by atoms with van der Waals surface area (Å²) in [6.45, 7) is 1.58. The van der Waals surface area contributed by atoms with E-state index in [1.165, 1.54) is 25.4 Å². The molecule has 0 atom stereocenters. The number of hydrogen-bond donors (Lipinski definition) is 2. The summed E-state index contributed by atoms with van der Waals surface area (Å²) >= 11 is 6.08. The van der Waals surface area contributed by atoms with Crippen molar-refractivity contribution in [1.82, 2.24) is 30.4 Å². The predicted molar refractivity (Wildman–Crippen MR) is 113 cm³/mol. The Labute approximate surface area is 191 Å². The summed E-state index contributed by atoms with van der Waals surface area (Å²) < 4.78 is 43.3. The van der Waals surface area contributed by atoms with Crippen LogP contribution >= 0.6 is 11.6 Å². The number of nitrogens with zero attached hydrogens (tertiary/aromatic N) is 4. The minimum atomic E-state index is -4.33. The highest BCUT2D eigenvalue weighted by molar-refractivity contribution is 6.31. The van der Waals surface area contributed by atoms with Crippen LogP contribution in [0.3, 0.4) is 0 Å². The standard InChI is InChI=1S/C20H20ClF3N6O3/c1-12(31)25-5-6-27-18(32)17-14-11-30(29-16(14)2-4-26-17)10-13-8-15(21)19(28-9-13)33-7-3-20(22,23)24/h2,4,8-9,11H,3,5-7,10H2,1H3,(H,25,31)(H,27,32). The number of rotatable bonds is 9. The molecule has 3 aromatic rings. The summed E-state index contributed by atoms with van der Waals surface area (Å²) in [5, 5.41) is 10.3. The summed E-state index contributed by atoms with van der Waals surface area (Å²) in [6, 6.07) is 3.18. The van der Waals surface area contributed by atoms with Crippen molar-refractivity contribution < 1.29 is 27.5 Å². The number of carbonyl (C=O) groups is 2. The van der Waals surface area contributed by atoms with E-state index in [1.54, 1.807) is 16.9 Å². The SMILES string of the molecule is CC(=O)NCCNC(=O)c1nccc2nn(Cc3cnc(OCCC(F)(F)F)c(Cl)c3)cc12. The normalized spacial score (nSPS) is 11.4. The molecule has 0 spiro atoms. The maximum absolute atomic E-state index is 12.5. The van der Waals surface area contributed by atoms with Gasteiger partial charge in [0.15, 0.2) is 0 Å². The molecule has 2 N–H and O–H groups in total. The van der Waals surface area contributed by atoms with E-state index in [2.05, 4.69) is 25.7 Å². The van der Waals surface area contributed by atoms with E-state index >= 15 is 0 Å². The van der Waals surface area contributed by atoms with Gasteiger partial charge < -0.3 is 15.4 Å². The van der Waals surface area contributed by atoms with E-state index in [1.807, 2.05) is 0 Å². The van der Waals surface area contributed by atoms with Gasteiger partial charge in [-0.2, -0.15) is 18.3 Å². The number of halogens is 4. The van der Waals surface area contributed by atoms with Gasteiger partial charge >= 0.3 is 6.18 Å². The van der Waals surface area contributed by atoms with Crippen LogP contribution in [-0.4, -0.2) is 57.4 Å². The lowest BCUT2D eigenvalue weighted by Gasteiger charge is -2.10. The Balaban J connectivity index is 1.67. The maximum Gasteiger partial charge on any atom is 0.392 e. The zero-order valence-corrected chi connectivity index (χ0v) is 18.2. The first kappa shape index (κ1) is 24.2. The number of nitrogens with one attached hydrogen (secondary N) is 2. The molecule has 33 heavy (non-hydrogen) atoms. The third kappa shape index (κ3) is 7.04. The molecule has 0 unspecified atom stereocenters. The molecule has 0 saturated carbocycles.